The molecule has 0 saturated carbocycles. The number of nitrogens with one attached hydrogen (secondary N) is 3. The Labute approximate surface area is 209 Å². The Balaban J connectivity index is 1.58. The maximum atomic E-state index is 12.5. The van der Waals surface area contributed by atoms with Crippen molar-refractivity contribution < 1.29 is 13.2 Å². The zero-order valence-corrected chi connectivity index (χ0v) is 21.2. The van der Waals surface area contributed by atoms with Gasteiger partial charge in [-0.1, -0.05) is 46.9 Å². The number of likely N-dealkylation sites (tertiary alicyclic amines) is 1. The Morgan fingerprint density at radius 1 is 1.09 bits per heavy atom. The molecule has 2 unspecified atom stereocenters. The van der Waals surface area contributed by atoms with Crippen LogP contribution in [0.2, 0.25) is 15.1 Å². The molecule has 2 aromatic carbocycles. The lowest BCUT2D eigenvalue weighted by Crippen LogP contribution is -2.37. The van der Waals surface area contributed by atoms with Crippen molar-refractivity contribution in [1.29, 1.82) is 0 Å². The zero-order valence-electron chi connectivity index (χ0n) is 18.2. The fourth-order valence-electron chi connectivity index (χ4n) is 3.91. The van der Waals surface area contributed by atoms with Crippen molar-refractivity contribution >= 4 is 56.5 Å². The van der Waals surface area contributed by atoms with Crippen LogP contribution in [0, 0.1) is 0 Å². The Morgan fingerprint density at radius 3 is 2.39 bits per heavy atom. The summed E-state index contributed by atoms with van der Waals surface area (Å²) < 4.78 is 25.7. The van der Waals surface area contributed by atoms with Crippen LogP contribution in [0.3, 0.4) is 0 Å². The van der Waals surface area contributed by atoms with Crippen molar-refractivity contribution in [2.24, 2.45) is 0 Å². The topological polar surface area (TPSA) is 90.5 Å². The average molecular weight is 534 g/mol. The first-order chi connectivity index (χ1) is 15.6. The molecule has 2 atom stereocenters. The summed E-state index contributed by atoms with van der Waals surface area (Å²) in [6, 6.07) is 12.0. The van der Waals surface area contributed by atoms with Crippen LogP contribution in [0.5, 0.6) is 0 Å². The van der Waals surface area contributed by atoms with Gasteiger partial charge in [0.2, 0.25) is 10.0 Å². The Bertz CT molecular complexity index is 1050. The van der Waals surface area contributed by atoms with Gasteiger partial charge in [-0.05, 0) is 61.8 Å². The highest BCUT2D eigenvalue weighted by atomic mass is 35.5. The van der Waals surface area contributed by atoms with Crippen molar-refractivity contribution in [3.8, 4) is 0 Å². The second-order valence-corrected chi connectivity index (χ2v) is 11.3. The van der Waals surface area contributed by atoms with Gasteiger partial charge in [0.05, 0.1) is 6.26 Å². The summed E-state index contributed by atoms with van der Waals surface area (Å²) in [5.74, 6) is 0.0536. The molecule has 33 heavy (non-hydrogen) atoms. The predicted molar refractivity (Wildman–Crippen MR) is 135 cm³/mol. The molecule has 0 aromatic heterocycles. The number of carbonyl (C=O) groups is 1. The minimum Gasteiger partial charge on any atom is -0.337 e. The van der Waals surface area contributed by atoms with E-state index in [2.05, 4.69) is 20.3 Å². The van der Waals surface area contributed by atoms with Crippen LogP contribution < -0.4 is 15.4 Å². The lowest BCUT2D eigenvalue weighted by Gasteiger charge is -2.22. The van der Waals surface area contributed by atoms with Crippen molar-refractivity contribution in [1.82, 2.24) is 14.9 Å². The second kappa shape index (κ2) is 11.7. The van der Waals surface area contributed by atoms with E-state index in [9.17, 15) is 13.2 Å². The number of rotatable bonds is 9. The highest BCUT2D eigenvalue weighted by Crippen LogP contribution is 2.24. The van der Waals surface area contributed by atoms with Gasteiger partial charge in [0.25, 0.3) is 0 Å². The van der Waals surface area contributed by atoms with Gasteiger partial charge in [-0.2, -0.15) is 0 Å². The fourth-order valence-corrected chi connectivity index (χ4v) is 5.36. The maximum absolute atomic E-state index is 12.5. The molecular formula is C22H27Cl3N4O3S. The van der Waals surface area contributed by atoms with E-state index in [4.69, 9.17) is 34.8 Å². The summed E-state index contributed by atoms with van der Waals surface area (Å²) in [5.41, 5.74) is 1.57. The smallest absolute Gasteiger partial charge is 0.319 e. The van der Waals surface area contributed by atoms with Crippen molar-refractivity contribution in [2.75, 3.05) is 37.8 Å². The third-order valence-corrected chi connectivity index (χ3v) is 6.87. The van der Waals surface area contributed by atoms with Gasteiger partial charge in [0, 0.05) is 45.8 Å². The lowest BCUT2D eigenvalue weighted by molar-refractivity contribution is 0.250. The average Bonchev–Trinajstić information content (AvgIpc) is 3.13. The van der Waals surface area contributed by atoms with Crippen LogP contribution in [-0.4, -0.2) is 57.8 Å². The third kappa shape index (κ3) is 8.96. The van der Waals surface area contributed by atoms with Crippen molar-refractivity contribution in [2.45, 2.75) is 24.8 Å². The molecule has 11 heteroatoms. The van der Waals surface area contributed by atoms with E-state index in [1.807, 2.05) is 24.3 Å². The molecule has 0 aliphatic carbocycles. The Hall–Kier alpha value is -1.55. The van der Waals surface area contributed by atoms with E-state index >= 15 is 0 Å². The van der Waals surface area contributed by atoms with E-state index < -0.39 is 10.0 Å². The van der Waals surface area contributed by atoms with Gasteiger partial charge in [0.15, 0.2) is 0 Å². The van der Waals surface area contributed by atoms with E-state index in [1.165, 1.54) is 6.26 Å². The number of anilines is 1. The first-order valence-electron chi connectivity index (χ1n) is 10.5. The number of halogens is 3. The zero-order chi connectivity index (χ0) is 24.0. The summed E-state index contributed by atoms with van der Waals surface area (Å²) in [7, 11) is -3.22. The largest absolute Gasteiger partial charge is 0.337 e. The van der Waals surface area contributed by atoms with E-state index in [1.54, 1.807) is 18.2 Å². The van der Waals surface area contributed by atoms with Gasteiger partial charge in [0.1, 0.15) is 0 Å². The number of urea groups is 1. The molecule has 1 heterocycles. The normalized spacial score (nSPS) is 17.6. The molecule has 0 spiro atoms. The number of amides is 2. The number of sulfonamides is 1. The molecule has 7 nitrogen and oxygen atoms in total. The number of benzene rings is 2. The summed E-state index contributed by atoms with van der Waals surface area (Å²) >= 11 is 18.0. The number of hydrogen-bond donors (Lipinski definition) is 3. The molecule has 0 bridgehead atoms. The molecule has 1 saturated heterocycles. The van der Waals surface area contributed by atoms with Gasteiger partial charge in [-0.3, -0.25) is 0 Å². The summed E-state index contributed by atoms with van der Waals surface area (Å²) in [6.07, 6.45) is 2.75. The maximum Gasteiger partial charge on any atom is 0.319 e. The summed E-state index contributed by atoms with van der Waals surface area (Å²) in [4.78, 5) is 14.7. The first-order valence-corrected chi connectivity index (χ1v) is 13.6. The third-order valence-electron chi connectivity index (χ3n) is 5.42. The Morgan fingerprint density at radius 2 is 1.76 bits per heavy atom. The van der Waals surface area contributed by atoms with E-state index in [-0.39, 0.29) is 18.0 Å². The van der Waals surface area contributed by atoms with E-state index in [0.717, 1.165) is 31.5 Å². The highest BCUT2D eigenvalue weighted by Gasteiger charge is 2.25. The van der Waals surface area contributed by atoms with E-state index in [0.29, 0.717) is 33.8 Å². The van der Waals surface area contributed by atoms with Crippen LogP contribution in [0.15, 0.2) is 42.5 Å². The standard InChI is InChI=1S/C22H27Cl3N4O3S/c1-33(31,32)28-20-7-9-29(14-20)8-6-16(15-2-4-17(23)5-3-15)13-26-22(30)27-21-11-18(24)10-19(25)12-21/h2-5,10-12,16,20,28H,6-9,13-14H2,1H3,(H2,26,27,30). The Kier molecular flexibility index (Phi) is 9.26. The van der Waals surface area contributed by atoms with Gasteiger partial charge in [-0.15, -0.1) is 0 Å². The summed E-state index contributed by atoms with van der Waals surface area (Å²) in [6.45, 7) is 2.69. The van der Waals surface area contributed by atoms with Crippen LogP contribution in [-0.2, 0) is 10.0 Å². The minimum atomic E-state index is -3.22. The second-order valence-electron chi connectivity index (χ2n) is 8.21. The van der Waals surface area contributed by atoms with Gasteiger partial charge in [-0.25, -0.2) is 17.9 Å². The molecule has 1 aliphatic rings. The molecular weight excluding hydrogens is 507 g/mol. The van der Waals surface area contributed by atoms with Gasteiger partial charge >= 0.3 is 6.03 Å². The fraction of sp³-hybridized carbons (Fsp3) is 0.409. The number of hydrogen-bond acceptors (Lipinski definition) is 4. The SMILES string of the molecule is CS(=O)(=O)NC1CCN(CCC(CNC(=O)Nc2cc(Cl)cc(Cl)c2)c2ccc(Cl)cc2)C1. The minimum absolute atomic E-state index is 0.0536. The molecule has 2 aromatic rings. The lowest BCUT2D eigenvalue weighted by atomic mass is 9.95. The monoisotopic (exact) mass is 532 g/mol. The van der Waals surface area contributed by atoms with Crippen molar-refractivity contribution in [3.05, 3.63) is 63.1 Å². The quantitative estimate of drug-likeness (QED) is 0.441. The number of carbonyl (C=O) groups excluding carboxylic acids is 1. The van der Waals surface area contributed by atoms with Crippen LogP contribution in [0.25, 0.3) is 0 Å². The van der Waals surface area contributed by atoms with Crippen LogP contribution >= 0.6 is 34.8 Å². The molecule has 1 aliphatic heterocycles. The van der Waals surface area contributed by atoms with Crippen LogP contribution in [0.4, 0.5) is 10.5 Å². The molecule has 180 valence electrons. The van der Waals surface area contributed by atoms with Gasteiger partial charge < -0.3 is 15.5 Å². The molecule has 2 amide bonds. The predicted octanol–water partition coefficient (Wildman–Crippen LogP) is 4.57. The van der Waals surface area contributed by atoms with Crippen molar-refractivity contribution in [3.63, 3.8) is 0 Å². The summed E-state index contributed by atoms with van der Waals surface area (Å²) in [5, 5.41) is 7.19. The first kappa shape index (κ1) is 26.1. The molecule has 1 fully saturated rings. The molecule has 0 radical (unpaired) electrons. The molecule has 3 rings (SSSR count). The number of nitrogens with zero attached hydrogens (tertiary/aromatic N) is 1. The highest BCUT2D eigenvalue weighted by molar-refractivity contribution is 7.88. The molecule has 3 N–H and O–H groups in total. The van der Waals surface area contributed by atoms with Crippen LogP contribution in [0.1, 0.15) is 24.3 Å².